The van der Waals surface area contributed by atoms with Crippen LogP contribution in [0.25, 0.3) is 6.08 Å². The Morgan fingerprint density at radius 3 is 2.65 bits per heavy atom. The smallest absolute Gasteiger partial charge is 0.338 e. The van der Waals surface area contributed by atoms with E-state index in [1.165, 1.54) is 0 Å². The highest BCUT2D eigenvalue weighted by atomic mass is 79.9. The first-order chi connectivity index (χ1) is 8.24. The summed E-state index contributed by atoms with van der Waals surface area (Å²) < 4.78 is 10.4. The van der Waals surface area contributed by atoms with E-state index in [2.05, 4.69) is 22.5 Å². The fourth-order valence-corrected chi connectivity index (χ4v) is 2.03. The number of esters is 1. The van der Waals surface area contributed by atoms with Gasteiger partial charge in [0.15, 0.2) is 0 Å². The van der Waals surface area contributed by atoms with Crippen LogP contribution in [0.1, 0.15) is 15.9 Å². The molecule has 0 saturated carbocycles. The molecule has 0 spiro atoms. The lowest BCUT2D eigenvalue weighted by Gasteiger charge is -2.03. The number of hydrogen-bond donors (Lipinski definition) is 0. The van der Waals surface area contributed by atoms with E-state index in [9.17, 15) is 4.79 Å². The Morgan fingerprint density at radius 2 is 2.12 bits per heavy atom. The maximum atomic E-state index is 11.7. The van der Waals surface area contributed by atoms with Gasteiger partial charge in [0, 0.05) is 5.33 Å². The van der Waals surface area contributed by atoms with Crippen LogP contribution in [0.4, 0.5) is 0 Å². The molecule has 0 aromatic heterocycles. The summed E-state index contributed by atoms with van der Waals surface area (Å²) in [5.74, 6) is -0.315. The summed E-state index contributed by atoms with van der Waals surface area (Å²) in [5, 5.41) is 0.781. The first-order valence-electron chi connectivity index (χ1n) is 5.35. The van der Waals surface area contributed by atoms with Gasteiger partial charge in [-0.2, -0.15) is 0 Å². The van der Waals surface area contributed by atoms with E-state index in [-0.39, 0.29) is 18.2 Å². The van der Waals surface area contributed by atoms with Gasteiger partial charge in [0.2, 0.25) is 0 Å². The predicted molar refractivity (Wildman–Crippen MR) is 69.3 cm³/mol. The average molecular weight is 297 g/mol. The number of rotatable bonds is 5. The Kier molecular flexibility index (Phi) is 3.97. The van der Waals surface area contributed by atoms with Crippen LogP contribution >= 0.6 is 15.9 Å². The van der Waals surface area contributed by atoms with Crippen molar-refractivity contribution in [1.82, 2.24) is 0 Å². The molecule has 90 valence electrons. The molecule has 3 nitrogen and oxygen atoms in total. The third kappa shape index (κ3) is 3.17. The van der Waals surface area contributed by atoms with Crippen LogP contribution in [0, 0.1) is 0 Å². The van der Waals surface area contributed by atoms with Gasteiger partial charge >= 0.3 is 5.97 Å². The Bertz CT molecular complexity index is 413. The van der Waals surface area contributed by atoms with E-state index in [1.54, 1.807) is 18.2 Å². The van der Waals surface area contributed by atoms with E-state index in [0.29, 0.717) is 12.2 Å². The Hall–Kier alpha value is -1.13. The molecule has 2 atom stereocenters. The minimum Gasteiger partial charge on any atom is -0.459 e. The quantitative estimate of drug-likeness (QED) is 0.476. The SMILES string of the molecule is C=Cc1ccc(C(=O)OCC2OC2CBr)cc1. The van der Waals surface area contributed by atoms with Crippen LogP contribution in [0.2, 0.25) is 0 Å². The van der Waals surface area contributed by atoms with Gasteiger partial charge in [-0.05, 0) is 17.7 Å². The highest BCUT2D eigenvalue weighted by Crippen LogP contribution is 2.24. The van der Waals surface area contributed by atoms with Crippen LogP contribution in [-0.2, 0) is 9.47 Å². The molecule has 0 bridgehead atoms. The molecule has 1 aliphatic rings. The molecule has 0 aliphatic carbocycles. The van der Waals surface area contributed by atoms with Crippen molar-refractivity contribution in [3.63, 3.8) is 0 Å². The van der Waals surface area contributed by atoms with E-state index in [1.807, 2.05) is 12.1 Å². The molecule has 0 radical (unpaired) electrons. The lowest BCUT2D eigenvalue weighted by atomic mass is 10.1. The van der Waals surface area contributed by atoms with Crippen LogP contribution in [-0.4, -0.2) is 30.1 Å². The van der Waals surface area contributed by atoms with E-state index < -0.39 is 0 Å². The summed E-state index contributed by atoms with van der Waals surface area (Å²) in [7, 11) is 0. The number of epoxide rings is 1. The monoisotopic (exact) mass is 296 g/mol. The molecule has 2 unspecified atom stereocenters. The largest absolute Gasteiger partial charge is 0.459 e. The summed E-state index contributed by atoms with van der Waals surface area (Å²) >= 11 is 3.31. The molecule has 0 amide bonds. The third-order valence-electron chi connectivity index (χ3n) is 2.60. The second-order valence-corrected chi connectivity index (χ2v) is 4.44. The topological polar surface area (TPSA) is 38.8 Å². The van der Waals surface area contributed by atoms with Crippen molar-refractivity contribution < 1.29 is 14.3 Å². The molecule has 17 heavy (non-hydrogen) atoms. The Morgan fingerprint density at radius 1 is 1.41 bits per heavy atom. The standard InChI is InChI=1S/C13H13BrO3/c1-2-9-3-5-10(6-4-9)13(15)16-8-12-11(7-14)17-12/h2-6,11-12H,1,7-8H2. The normalized spacial score (nSPS) is 21.9. The van der Waals surface area contributed by atoms with Crippen LogP contribution in [0.3, 0.4) is 0 Å². The molecule has 1 saturated heterocycles. The molecule has 1 aromatic rings. The zero-order valence-corrected chi connectivity index (χ0v) is 10.9. The van der Waals surface area contributed by atoms with Gasteiger partial charge < -0.3 is 9.47 Å². The highest BCUT2D eigenvalue weighted by Gasteiger charge is 2.38. The van der Waals surface area contributed by atoms with E-state index >= 15 is 0 Å². The number of alkyl halides is 1. The van der Waals surface area contributed by atoms with E-state index in [0.717, 1.165) is 10.9 Å². The fraction of sp³-hybridized carbons (Fsp3) is 0.308. The number of carbonyl (C=O) groups excluding carboxylic acids is 1. The average Bonchev–Trinajstić information content (AvgIpc) is 3.14. The van der Waals surface area contributed by atoms with Crippen molar-refractivity contribution >= 4 is 28.0 Å². The molecule has 2 rings (SSSR count). The van der Waals surface area contributed by atoms with Crippen molar-refractivity contribution in [3.05, 3.63) is 42.0 Å². The third-order valence-corrected chi connectivity index (χ3v) is 3.24. The first-order valence-corrected chi connectivity index (χ1v) is 6.48. The molecule has 0 N–H and O–H groups in total. The molecule has 1 aromatic carbocycles. The lowest BCUT2D eigenvalue weighted by molar-refractivity contribution is 0.0476. The lowest BCUT2D eigenvalue weighted by Crippen LogP contribution is -2.12. The molecule has 1 fully saturated rings. The zero-order chi connectivity index (χ0) is 12.3. The molecular weight excluding hydrogens is 284 g/mol. The van der Waals surface area contributed by atoms with Crippen molar-refractivity contribution in [1.29, 1.82) is 0 Å². The fourth-order valence-electron chi connectivity index (χ4n) is 1.46. The second-order valence-electron chi connectivity index (χ2n) is 3.79. The van der Waals surface area contributed by atoms with E-state index in [4.69, 9.17) is 9.47 Å². The van der Waals surface area contributed by atoms with Gasteiger partial charge in [-0.25, -0.2) is 4.79 Å². The minimum atomic E-state index is -0.315. The van der Waals surface area contributed by atoms with Gasteiger partial charge in [0.05, 0.1) is 11.7 Å². The maximum Gasteiger partial charge on any atom is 0.338 e. The number of benzene rings is 1. The summed E-state index contributed by atoms with van der Waals surface area (Å²) in [6, 6.07) is 7.13. The van der Waals surface area contributed by atoms with Gasteiger partial charge in [0.1, 0.15) is 12.7 Å². The molecular formula is C13H13BrO3. The van der Waals surface area contributed by atoms with Crippen molar-refractivity contribution in [2.75, 3.05) is 11.9 Å². The van der Waals surface area contributed by atoms with Gasteiger partial charge in [-0.1, -0.05) is 40.7 Å². The first kappa shape index (κ1) is 12.3. The van der Waals surface area contributed by atoms with Gasteiger partial charge in [-0.3, -0.25) is 0 Å². The summed E-state index contributed by atoms with van der Waals surface area (Å²) in [5.41, 5.74) is 1.53. The van der Waals surface area contributed by atoms with Crippen LogP contribution in [0.5, 0.6) is 0 Å². The minimum absolute atomic E-state index is 0.0470. The summed E-state index contributed by atoms with van der Waals surface area (Å²) in [6.45, 7) is 3.97. The number of hydrogen-bond acceptors (Lipinski definition) is 3. The molecule has 4 heteroatoms. The van der Waals surface area contributed by atoms with Crippen LogP contribution in [0.15, 0.2) is 30.8 Å². The van der Waals surface area contributed by atoms with Crippen molar-refractivity contribution in [2.45, 2.75) is 12.2 Å². The summed E-state index contributed by atoms with van der Waals surface area (Å²) in [6.07, 6.45) is 1.96. The number of ether oxygens (including phenoxy) is 2. The van der Waals surface area contributed by atoms with Crippen molar-refractivity contribution in [3.8, 4) is 0 Å². The Labute approximate surface area is 109 Å². The van der Waals surface area contributed by atoms with Crippen LogP contribution < -0.4 is 0 Å². The molecule has 1 aliphatic heterocycles. The maximum absolute atomic E-state index is 11.7. The number of carbonyl (C=O) groups is 1. The number of halogens is 1. The van der Waals surface area contributed by atoms with Gasteiger partial charge in [0.25, 0.3) is 0 Å². The Balaban J connectivity index is 1.84. The highest BCUT2D eigenvalue weighted by molar-refractivity contribution is 9.09. The predicted octanol–water partition coefficient (Wildman–Crippen LogP) is 2.65. The molecule has 1 heterocycles. The van der Waals surface area contributed by atoms with Gasteiger partial charge in [-0.15, -0.1) is 0 Å². The summed E-state index contributed by atoms with van der Waals surface area (Å²) in [4.78, 5) is 11.7. The zero-order valence-electron chi connectivity index (χ0n) is 9.27. The second kappa shape index (κ2) is 5.47. The van der Waals surface area contributed by atoms with Crippen molar-refractivity contribution in [2.24, 2.45) is 0 Å².